The maximum Gasteiger partial charge on any atom is 0.417 e. The van der Waals surface area contributed by atoms with Gasteiger partial charge in [0.15, 0.2) is 9.84 Å². The van der Waals surface area contributed by atoms with Gasteiger partial charge in [0, 0.05) is 38.1 Å². The molecule has 0 aliphatic carbocycles. The molecule has 2 aromatic carbocycles. The molecule has 0 N–H and O–H groups in total. The minimum atomic E-state index is -4.99. The molecule has 45 heavy (non-hydrogen) atoms. The number of rotatable bonds is 7. The second-order valence-corrected chi connectivity index (χ2v) is 12.7. The molecule has 4 rings (SSSR count). The van der Waals surface area contributed by atoms with E-state index in [4.69, 9.17) is 5.26 Å². The first-order valence-electron chi connectivity index (χ1n) is 13.1. The van der Waals surface area contributed by atoms with Crippen molar-refractivity contribution in [2.45, 2.75) is 36.6 Å². The summed E-state index contributed by atoms with van der Waals surface area (Å²) in [5, 5.41) is 9.03. The van der Waals surface area contributed by atoms with Gasteiger partial charge in [-0.25, -0.2) is 22.9 Å². The summed E-state index contributed by atoms with van der Waals surface area (Å²) in [6.45, 7) is 2.72. The van der Waals surface area contributed by atoms with Crippen LogP contribution in [0.25, 0.3) is 0 Å². The Balaban J connectivity index is 1.47. The average molecular weight is 658 g/mol. The lowest BCUT2D eigenvalue weighted by molar-refractivity contribution is -0.140. The molecule has 240 valence electrons. The van der Waals surface area contributed by atoms with E-state index in [0.717, 1.165) is 34.1 Å². The summed E-state index contributed by atoms with van der Waals surface area (Å²) in [5.41, 5.74) is -5.36. The average Bonchev–Trinajstić information content (AvgIpc) is 3.37. The summed E-state index contributed by atoms with van der Waals surface area (Å²) in [6.07, 6.45) is -6.32. The Labute approximate surface area is 253 Å². The topological polar surface area (TPSA) is 122 Å². The Hall–Kier alpha value is -4.59. The van der Waals surface area contributed by atoms with Crippen molar-refractivity contribution in [1.82, 2.24) is 9.80 Å². The Morgan fingerprint density at radius 1 is 0.867 bits per heavy atom. The van der Waals surface area contributed by atoms with Gasteiger partial charge in [-0.15, -0.1) is 0 Å². The number of sulfone groups is 1. The van der Waals surface area contributed by atoms with Crippen LogP contribution in [0.3, 0.4) is 0 Å². The molecule has 2 saturated heterocycles. The van der Waals surface area contributed by atoms with Crippen molar-refractivity contribution >= 4 is 39.2 Å². The number of carbonyl (C=O) groups is 3. The third-order valence-corrected chi connectivity index (χ3v) is 8.52. The molecule has 2 fully saturated rings. The molecule has 0 saturated carbocycles. The normalized spacial score (nSPS) is 17.6. The zero-order valence-corrected chi connectivity index (χ0v) is 24.7. The standard InChI is InChI=1S/C28H25F6N5O5S/c1-26(2)23(40)39(19-7-6-17(16-35)20(15-19)27(29,30)31)25(42)38(26)11-5-4-10-36-12-13-37(24(36)41)18-8-9-22(45(3,43)44)21(14-18)28(32,33)34/h4-9,14-15H,10-13H2,1-3H3/b5-4-. The highest BCUT2D eigenvalue weighted by Crippen LogP contribution is 2.39. The molecule has 0 radical (unpaired) electrons. The van der Waals surface area contributed by atoms with Gasteiger partial charge < -0.3 is 9.80 Å². The number of imide groups is 1. The predicted octanol–water partition coefficient (Wildman–Crippen LogP) is 5.04. The van der Waals surface area contributed by atoms with Crippen LogP contribution in [0.4, 0.5) is 47.3 Å². The quantitative estimate of drug-likeness (QED) is 0.234. The van der Waals surface area contributed by atoms with Gasteiger partial charge in [-0.2, -0.15) is 31.6 Å². The largest absolute Gasteiger partial charge is 0.417 e. The monoisotopic (exact) mass is 657 g/mol. The summed E-state index contributed by atoms with van der Waals surface area (Å²) in [4.78, 5) is 42.4. The van der Waals surface area contributed by atoms with Crippen molar-refractivity contribution in [2.75, 3.05) is 42.2 Å². The molecule has 0 aromatic heterocycles. The van der Waals surface area contributed by atoms with Gasteiger partial charge in [0.1, 0.15) is 5.54 Å². The number of nitriles is 1. The van der Waals surface area contributed by atoms with Crippen molar-refractivity contribution in [1.29, 1.82) is 5.26 Å². The lowest BCUT2D eigenvalue weighted by atomic mass is 10.0. The first-order chi connectivity index (χ1) is 20.7. The van der Waals surface area contributed by atoms with Crippen LogP contribution < -0.4 is 9.80 Å². The van der Waals surface area contributed by atoms with Crippen LogP contribution in [0.5, 0.6) is 0 Å². The predicted molar refractivity (Wildman–Crippen MR) is 148 cm³/mol. The molecule has 2 aliphatic heterocycles. The molecule has 0 bridgehead atoms. The van der Waals surface area contributed by atoms with E-state index in [1.54, 1.807) is 0 Å². The van der Waals surface area contributed by atoms with Gasteiger partial charge in [-0.1, -0.05) is 12.2 Å². The molecule has 2 aromatic rings. The number of urea groups is 2. The minimum absolute atomic E-state index is 0.00774. The summed E-state index contributed by atoms with van der Waals surface area (Å²) in [5.74, 6) is -0.802. The van der Waals surface area contributed by atoms with Gasteiger partial charge in [-0.3, -0.25) is 9.69 Å². The molecule has 5 amide bonds. The van der Waals surface area contributed by atoms with Crippen LogP contribution in [0.15, 0.2) is 53.4 Å². The number of nitrogens with zero attached hydrogens (tertiary/aromatic N) is 5. The molecular weight excluding hydrogens is 632 g/mol. The van der Waals surface area contributed by atoms with E-state index >= 15 is 0 Å². The van der Waals surface area contributed by atoms with Crippen LogP contribution in [0, 0.1) is 11.3 Å². The van der Waals surface area contributed by atoms with E-state index in [1.807, 2.05) is 0 Å². The Kier molecular flexibility index (Phi) is 8.44. The van der Waals surface area contributed by atoms with Crippen LogP contribution >= 0.6 is 0 Å². The van der Waals surface area contributed by atoms with Crippen molar-refractivity contribution in [2.24, 2.45) is 0 Å². The fourth-order valence-corrected chi connectivity index (χ4v) is 5.87. The highest BCUT2D eigenvalue weighted by Gasteiger charge is 2.52. The molecule has 2 heterocycles. The Morgan fingerprint density at radius 3 is 2.02 bits per heavy atom. The SMILES string of the molecule is CC1(C)C(=O)N(c2ccc(C#N)c(C(F)(F)F)c2)C(=O)N1C/C=C\CN1CCN(c2ccc(S(C)(=O)=O)c(C(F)(F)F)c2)C1=O. The number of halogens is 6. The Morgan fingerprint density at radius 2 is 1.44 bits per heavy atom. The van der Waals surface area contributed by atoms with Crippen molar-refractivity contribution in [3.05, 3.63) is 65.2 Å². The zero-order chi connectivity index (χ0) is 33.7. The van der Waals surface area contributed by atoms with Crippen LogP contribution in [0.2, 0.25) is 0 Å². The van der Waals surface area contributed by atoms with E-state index in [0.29, 0.717) is 23.3 Å². The lowest BCUT2D eigenvalue weighted by Gasteiger charge is -2.26. The summed E-state index contributed by atoms with van der Waals surface area (Å²) in [7, 11) is -4.20. The van der Waals surface area contributed by atoms with Crippen LogP contribution in [-0.4, -0.2) is 74.2 Å². The van der Waals surface area contributed by atoms with E-state index in [2.05, 4.69) is 0 Å². The van der Waals surface area contributed by atoms with Gasteiger partial charge in [0.25, 0.3) is 5.91 Å². The second-order valence-electron chi connectivity index (χ2n) is 10.7. The number of hydrogen-bond acceptors (Lipinski definition) is 6. The minimum Gasteiger partial charge on any atom is -0.319 e. The summed E-state index contributed by atoms with van der Waals surface area (Å²) in [6, 6.07) is 4.87. The third kappa shape index (κ3) is 6.32. The summed E-state index contributed by atoms with van der Waals surface area (Å²) < 4.78 is 105. The summed E-state index contributed by atoms with van der Waals surface area (Å²) >= 11 is 0. The second kappa shape index (κ2) is 11.4. The van der Waals surface area contributed by atoms with Crippen molar-refractivity contribution in [3.63, 3.8) is 0 Å². The highest BCUT2D eigenvalue weighted by atomic mass is 32.2. The smallest absolute Gasteiger partial charge is 0.319 e. The molecule has 0 spiro atoms. The number of anilines is 2. The van der Waals surface area contributed by atoms with Crippen molar-refractivity contribution < 1.29 is 49.1 Å². The lowest BCUT2D eigenvalue weighted by Crippen LogP contribution is -2.44. The van der Waals surface area contributed by atoms with E-state index in [9.17, 15) is 49.1 Å². The maximum absolute atomic E-state index is 13.6. The van der Waals surface area contributed by atoms with E-state index < -0.39 is 67.3 Å². The van der Waals surface area contributed by atoms with Crippen molar-refractivity contribution in [3.8, 4) is 6.07 Å². The third-order valence-electron chi connectivity index (χ3n) is 7.37. The molecule has 0 atom stereocenters. The highest BCUT2D eigenvalue weighted by molar-refractivity contribution is 7.90. The fraction of sp³-hybridized carbons (Fsp3) is 0.357. The molecule has 0 unspecified atom stereocenters. The van der Waals surface area contributed by atoms with E-state index in [-0.39, 0.29) is 37.6 Å². The number of amides is 5. The first-order valence-corrected chi connectivity index (χ1v) is 15.0. The zero-order valence-electron chi connectivity index (χ0n) is 23.9. The first kappa shape index (κ1) is 33.3. The molecule has 17 heteroatoms. The molecule has 2 aliphatic rings. The van der Waals surface area contributed by atoms with Gasteiger partial charge in [0.2, 0.25) is 0 Å². The molecule has 10 nitrogen and oxygen atoms in total. The number of hydrogen-bond donors (Lipinski definition) is 0. The molecular formula is C28H25F6N5O5S. The van der Waals surface area contributed by atoms with Gasteiger partial charge in [0.05, 0.1) is 33.3 Å². The Bertz CT molecular complexity index is 1750. The number of alkyl halides is 6. The van der Waals surface area contributed by atoms with Crippen LogP contribution in [-0.2, 0) is 27.0 Å². The fourth-order valence-electron chi connectivity index (χ4n) is 4.98. The number of benzene rings is 2. The van der Waals surface area contributed by atoms with E-state index in [1.165, 1.54) is 37.0 Å². The van der Waals surface area contributed by atoms with Gasteiger partial charge in [-0.05, 0) is 50.2 Å². The number of carbonyl (C=O) groups excluding carboxylic acids is 3. The van der Waals surface area contributed by atoms with Gasteiger partial charge >= 0.3 is 24.4 Å². The van der Waals surface area contributed by atoms with Crippen LogP contribution in [0.1, 0.15) is 30.5 Å². The maximum atomic E-state index is 13.6.